The van der Waals surface area contributed by atoms with Gasteiger partial charge in [-0.15, -0.1) is 0 Å². The third kappa shape index (κ3) is 4.97. The Hall–Kier alpha value is -2.16. The Labute approximate surface area is 163 Å². The Kier molecular flexibility index (Phi) is 6.46. The molecular weight excluding hydrogens is 393 g/mol. The molecule has 0 saturated heterocycles. The Bertz CT molecular complexity index is 964. The lowest BCUT2D eigenvalue weighted by atomic mass is 10.2. The van der Waals surface area contributed by atoms with Gasteiger partial charge >= 0.3 is 0 Å². The van der Waals surface area contributed by atoms with E-state index in [-0.39, 0.29) is 15.6 Å². The van der Waals surface area contributed by atoms with Crippen LogP contribution in [0.15, 0.2) is 41.3 Å². The van der Waals surface area contributed by atoms with Gasteiger partial charge in [0, 0.05) is 19.8 Å². The molecule has 146 valence electrons. The maximum atomic E-state index is 13.1. The van der Waals surface area contributed by atoms with E-state index in [2.05, 4.69) is 10.6 Å². The topological polar surface area (TPSA) is 78.5 Å². The van der Waals surface area contributed by atoms with Crippen molar-refractivity contribution in [3.8, 4) is 0 Å². The molecule has 2 aromatic carbocycles. The number of hydrogen-bond donors (Lipinski definition) is 2. The SMILES string of the molecule is Cc1ccc(N[C@H](C)C(=O)Nc2ccc(F)cc2Cl)cc1S(=O)(=O)N(C)C. The van der Waals surface area contributed by atoms with Crippen molar-refractivity contribution < 1.29 is 17.6 Å². The Morgan fingerprint density at radius 3 is 2.44 bits per heavy atom. The van der Waals surface area contributed by atoms with Crippen LogP contribution in [0.3, 0.4) is 0 Å². The molecule has 27 heavy (non-hydrogen) atoms. The number of nitrogens with one attached hydrogen (secondary N) is 2. The van der Waals surface area contributed by atoms with Crippen molar-refractivity contribution in [3.63, 3.8) is 0 Å². The van der Waals surface area contributed by atoms with Crippen LogP contribution >= 0.6 is 11.6 Å². The van der Waals surface area contributed by atoms with Crippen LogP contribution < -0.4 is 10.6 Å². The van der Waals surface area contributed by atoms with Crippen LogP contribution in [0.4, 0.5) is 15.8 Å². The number of aryl methyl sites for hydroxylation is 1. The average Bonchev–Trinajstić information content (AvgIpc) is 2.58. The second-order valence-corrected chi connectivity index (χ2v) is 8.77. The number of sulfonamides is 1. The van der Waals surface area contributed by atoms with E-state index in [1.54, 1.807) is 26.0 Å². The van der Waals surface area contributed by atoms with Gasteiger partial charge in [0.1, 0.15) is 11.9 Å². The second kappa shape index (κ2) is 8.24. The minimum absolute atomic E-state index is 0.0882. The summed E-state index contributed by atoms with van der Waals surface area (Å²) in [5, 5.41) is 5.65. The number of carbonyl (C=O) groups is 1. The molecule has 0 aliphatic carbocycles. The first-order valence-corrected chi connectivity index (χ1v) is 9.90. The lowest BCUT2D eigenvalue weighted by Crippen LogP contribution is -2.32. The summed E-state index contributed by atoms with van der Waals surface area (Å²) in [5.41, 5.74) is 1.37. The highest BCUT2D eigenvalue weighted by atomic mass is 35.5. The molecule has 9 heteroatoms. The van der Waals surface area contributed by atoms with E-state index in [9.17, 15) is 17.6 Å². The third-order valence-electron chi connectivity index (χ3n) is 3.91. The standard InChI is InChI=1S/C18H21ClFN3O3S/c1-11-5-7-14(10-17(11)27(25,26)23(3)4)21-12(2)18(24)22-16-8-6-13(20)9-15(16)19/h5-10,12,21H,1-4H3,(H,22,24)/t12-/m1/s1. The number of rotatable bonds is 6. The molecule has 0 saturated carbocycles. The van der Waals surface area contributed by atoms with Crippen molar-refractivity contribution in [2.75, 3.05) is 24.7 Å². The van der Waals surface area contributed by atoms with Crippen molar-refractivity contribution >= 4 is 38.9 Å². The van der Waals surface area contributed by atoms with Gasteiger partial charge in [-0.3, -0.25) is 4.79 Å². The van der Waals surface area contributed by atoms with Gasteiger partial charge in [0.15, 0.2) is 0 Å². The lowest BCUT2D eigenvalue weighted by Gasteiger charge is -2.18. The minimum atomic E-state index is -3.60. The van der Waals surface area contributed by atoms with Crippen LogP contribution in [0, 0.1) is 12.7 Å². The Morgan fingerprint density at radius 1 is 1.19 bits per heavy atom. The third-order valence-corrected chi connectivity index (χ3v) is 6.18. The molecule has 0 radical (unpaired) electrons. The molecule has 1 amide bonds. The van der Waals surface area contributed by atoms with Gasteiger partial charge in [0.2, 0.25) is 15.9 Å². The minimum Gasteiger partial charge on any atom is -0.374 e. The molecule has 2 rings (SSSR count). The van der Waals surface area contributed by atoms with Gasteiger partial charge in [-0.05, 0) is 49.7 Å². The first-order chi connectivity index (χ1) is 12.5. The zero-order valence-electron chi connectivity index (χ0n) is 15.4. The number of nitrogens with zero attached hydrogens (tertiary/aromatic N) is 1. The quantitative estimate of drug-likeness (QED) is 0.760. The molecule has 0 aromatic heterocycles. The number of anilines is 2. The molecule has 0 unspecified atom stereocenters. The van der Waals surface area contributed by atoms with E-state index < -0.39 is 27.8 Å². The summed E-state index contributed by atoms with van der Waals surface area (Å²) in [6, 6.07) is 7.82. The van der Waals surface area contributed by atoms with Crippen molar-refractivity contribution in [3.05, 3.63) is 52.8 Å². The highest BCUT2D eigenvalue weighted by Gasteiger charge is 2.21. The Morgan fingerprint density at radius 2 is 1.85 bits per heavy atom. The lowest BCUT2D eigenvalue weighted by molar-refractivity contribution is -0.116. The van der Waals surface area contributed by atoms with Crippen LogP contribution in [0.25, 0.3) is 0 Å². The van der Waals surface area contributed by atoms with Crippen LogP contribution in [0.2, 0.25) is 5.02 Å². The van der Waals surface area contributed by atoms with Crippen molar-refractivity contribution in [1.29, 1.82) is 0 Å². The van der Waals surface area contributed by atoms with Crippen LogP contribution in [0.5, 0.6) is 0 Å². The smallest absolute Gasteiger partial charge is 0.246 e. The zero-order chi connectivity index (χ0) is 20.4. The van der Waals surface area contributed by atoms with Gasteiger partial charge in [0.25, 0.3) is 0 Å². The first kappa shape index (κ1) is 21.1. The monoisotopic (exact) mass is 413 g/mol. The van der Waals surface area contributed by atoms with E-state index in [4.69, 9.17) is 11.6 Å². The van der Waals surface area contributed by atoms with E-state index in [0.29, 0.717) is 11.3 Å². The van der Waals surface area contributed by atoms with Crippen molar-refractivity contribution in [1.82, 2.24) is 4.31 Å². The summed E-state index contributed by atoms with van der Waals surface area (Å²) in [5.74, 6) is -0.903. The van der Waals surface area contributed by atoms with Gasteiger partial charge in [-0.1, -0.05) is 17.7 Å². The molecule has 1 atom stereocenters. The van der Waals surface area contributed by atoms with Crippen LogP contribution in [0.1, 0.15) is 12.5 Å². The molecule has 0 aliphatic rings. The molecule has 2 aromatic rings. The summed E-state index contributed by atoms with van der Waals surface area (Å²) in [6.07, 6.45) is 0. The molecule has 0 aliphatic heterocycles. The fourth-order valence-corrected chi connectivity index (χ4v) is 3.67. The van der Waals surface area contributed by atoms with E-state index in [1.165, 1.54) is 32.3 Å². The summed E-state index contributed by atoms with van der Waals surface area (Å²) in [7, 11) is -0.693. The maximum absolute atomic E-state index is 13.1. The zero-order valence-corrected chi connectivity index (χ0v) is 17.0. The summed E-state index contributed by atoms with van der Waals surface area (Å²) in [4.78, 5) is 12.5. The molecule has 0 bridgehead atoms. The van der Waals surface area contributed by atoms with Crippen molar-refractivity contribution in [2.24, 2.45) is 0 Å². The van der Waals surface area contributed by atoms with Gasteiger partial charge in [-0.25, -0.2) is 17.1 Å². The van der Waals surface area contributed by atoms with E-state index in [1.807, 2.05) is 0 Å². The predicted octanol–water partition coefficient (Wildman–Crippen LogP) is 3.48. The molecular formula is C18H21ClFN3O3S. The first-order valence-electron chi connectivity index (χ1n) is 8.08. The largest absolute Gasteiger partial charge is 0.374 e. The fourth-order valence-electron chi connectivity index (χ4n) is 2.31. The van der Waals surface area contributed by atoms with Gasteiger partial charge < -0.3 is 10.6 Å². The second-order valence-electron chi connectivity index (χ2n) is 6.25. The summed E-state index contributed by atoms with van der Waals surface area (Å²) in [6.45, 7) is 3.32. The predicted molar refractivity (Wildman–Crippen MR) is 105 cm³/mol. The maximum Gasteiger partial charge on any atom is 0.246 e. The van der Waals surface area contributed by atoms with E-state index >= 15 is 0 Å². The average molecular weight is 414 g/mol. The summed E-state index contributed by atoms with van der Waals surface area (Å²) >= 11 is 5.91. The Balaban J connectivity index is 2.18. The fraction of sp³-hybridized carbons (Fsp3) is 0.278. The molecule has 0 fully saturated rings. The molecule has 0 heterocycles. The summed E-state index contributed by atoms with van der Waals surface area (Å²) < 4.78 is 39.0. The van der Waals surface area contributed by atoms with Gasteiger partial charge in [-0.2, -0.15) is 0 Å². The number of halogens is 2. The van der Waals surface area contributed by atoms with Crippen molar-refractivity contribution in [2.45, 2.75) is 24.8 Å². The molecule has 0 spiro atoms. The highest BCUT2D eigenvalue weighted by molar-refractivity contribution is 7.89. The number of benzene rings is 2. The van der Waals surface area contributed by atoms with Crippen LogP contribution in [-0.4, -0.2) is 38.8 Å². The number of amides is 1. The molecule has 2 N–H and O–H groups in total. The number of carbonyl (C=O) groups excluding carboxylic acids is 1. The van der Waals surface area contributed by atoms with Gasteiger partial charge in [0.05, 0.1) is 15.6 Å². The molecule has 6 nitrogen and oxygen atoms in total. The highest BCUT2D eigenvalue weighted by Crippen LogP contribution is 2.24. The normalized spacial score (nSPS) is 12.7. The number of hydrogen-bond acceptors (Lipinski definition) is 4. The van der Waals surface area contributed by atoms with E-state index in [0.717, 1.165) is 10.4 Å². The van der Waals surface area contributed by atoms with Crippen LogP contribution in [-0.2, 0) is 14.8 Å².